The van der Waals surface area contributed by atoms with Crippen molar-refractivity contribution in [2.75, 3.05) is 31.6 Å². The summed E-state index contributed by atoms with van der Waals surface area (Å²) in [6.07, 6.45) is -1.19. The normalized spacial score (nSPS) is 17.2. The molecule has 3 heterocycles. The number of anilines is 1. The van der Waals surface area contributed by atoms with Crippen LogP contribution >= 0.6 is 22.9 Å². The summed E-state index contributed by atoms with van der Waals surface area (Å²) in [5.41, 5.74) is 1.10. The number of amides is 3. The number of benzene rings is 2. The van der Waals surface area contributed by atoms with E-state index in [9.17, 15) is 24.8 Å². The lowest BCUT2D eigenvalue weighted by molar-refractivity contribution is 0.0374. The van der Waals surface area contributed by atoms with Gasteiger partial charge in [0, 0.05) is 46.7 Å². The number of nitrogens with zero attached hydrogens (tertiary/aromatic N) is 3. The van der Waals surface area contributed by atoms with Gasteiger partial charge in [0.05, 0.1) is 23.8 Å². The van der Waals surface area contributed by atoms with Crippen LogP contribution in [-0.2, 0) is 4.74 Å². The molecule has 0 bridgehead atoms. The fourth-order valence-corrected chi connectivity index (χ4v) is 6.34. The molecule has 3 amide bonds. The molecule has 5 rings (SSSR count). The first-order chi connectivity index (χ1) is 19.0. The third kappa shape index (κ3) is 5.24. The van der Waals surface area contributed by atoms with Crippen LogP contribution < -0.4 is 10.1 Å². The zero-order valence-electron chi connectivity index (χ0n) is 22.1. The van der Waals surface area contributed by atoms with Gasteiger partial charge in [0.25, 0.3) is 5.91 Å². The Morgan fingerprint density at radius 1 is 1.23 bits per heavy atom. The molecule has 2 aromatic carbocycles. The summed E-state index contributed by atoms with van der Waals surface area (Å²) in [5, 5.41) is 23.4. The van der Waals surface area contributed by atoms with E-state index in [0.717, 1.165) is 4.70 Å². The first-order valence-electron chi connectivity index (χ1n) is 12.7. The highest BCUT2D eigenvalue weighted by molar-refractivity contribution is 7.23. The number of nitriles is 1. The number of rotatable bonds is 2. The number of fused-ring (bicyclic) bond motifs is 3. The van der Waals surface area contributed by atoms with E-state index in [1.165, 1.54) is 16.2 Å². The molecule has 2 aliphatic heterocycles. The van der Waals surface area contributed by atoms with E-state index in [1.54, 1.807) is 37.8 Å². The van der Waals surface area contributed by atoms with Gasteiger partial charge >= 0.3 is 12.2 Å². The van der Waals surface area contributed by atoms with Gasteiger partial charge in [-0.3, -0.25) is 10.1 Å². The van der Waals surface area contributed by atoms with Crippen LogP contribution in [0, 0.1) is 11.3 Å². The molecule has 40 heavy (non-hydrogen) atoms. The van der Waals surface area contributed by atoms with Crippen molar-refractivity contribution in [3.63, 3.8) is 0 Å². The van der Waals surface area contributed by atoms with E-state index in [1.807, 2.05) is 18.2 Å². The SMILES string of the molecule is CC(C)(C)OC(=O)Nc1sc2cccc(-c3cc4c(cc3Cl)C(=O)N3CCN(C(=O)O)C[C@@H]3CCO4)c2c1C#N. The number of ether oxygens (including phenoxy) is 2. The third-order valence-electron chi connectivity index (χ3n) is 6.75. The predicted octanol–water partition coefficient (Wildman–Crippen LogP) is 6.03. The molecule has 12 heteroatoms. The first kappa shape index (κ1) is 27.6. The molecular weight excluding hydrogens is 556 g/mol. The topological polar surface area (TPSA) is 132 Å². The highest BCUT2D eigenvalue weighted by atomic mass is 35.5. The van der Waals surface area contributed by atoms with Crippen LogP contribution in [0.5, 0.6) is 5.75 Å². The number of halogens is 1. The maximum atomic E-state index is 13.5. The largest absolute Gasteiger partial charge is 0.493 e. The lowest BCUT2D eigenvalue weighted by Gasteiger charge is -2.41. The van der Waals surface area contributed by atoms with Crippen LogP contribution in [0.15, 0.2) is 30.3 Å². The van der Waals surface area contributed by atoms with Gasteiger partial charge in [0.15, 0.2) is 0 Å². The number of carboxylic acid groups (broad SMARTS) is 1. The van der Waals surface area contributed by atoms with Crippen molar-refractivity contribution in [1.82, 2.24) is 9.80 Å². The van der Waals surface area contributed by atoms with Crippen LogP contribution in [0.2, 0.25) is 5.02 Å². The van der Waals surface area contributed by atoms with Crippen LogP contribution in [0.3, 0.4) is 0 Å². The van der Waals surface area contributed by atoms with Crippen molar-refractivity contribution >= 4 is 56.1 Å². The Hall–Kier alpha value is -4.01. The van der Waals surface area contributed by atoms with Gasteiger partial charge in [-0.2, -0.15) is 5.26 Å². The average molecular weight is 583 g/mol. The maximum absolute atomic E-state index is 13.5. The highest BCUT2D eigenvalue weighted by Gasteiger charge is 2.36. The number of nitrogens with one attached hydrogen (secondary N) is 1. The van der Waals surface area contributed by atoms with E-state index in [0.29, 0.717) is 44.3 Å². The summed E-state index contributed by atoms with van der Waals surface area (Å²) in [6.45, 7) is 6.29. The average Bonchev–Trinajstić information content (AvgIpc) is 3.23. The molecule has 10 nitrogen and oxygen atoms in total. The molecule has 0 saturated carbocycles. The van der Waals surface area contributed by atoms with E-state index in [4.69, 9.17) is 21.1 Å². The van der Waals surface area contributed by atoms with Gasteiger partial charge in [-0.15, -0.1) is 11.3 Å². The van der Waals surface area contributed by atoms with Crippen LogP contribution in [0.4, 0.5) is 14.6 Å². The molecule has 1 fully saturated rings. The smallest absolute Gasteiger partial charge is 0.412 e. The molecule has 1 atom stereocenters. The minimum Gasteiger partial charge on any atom is -0.493 e. The molecule has 208 valence electrons. The van der Waals surface area contributed by atoms with Gasteiger partial charge in [-0.25, -0.2) is 9.59 Å². The van der Waals surface area contributed by atoms with Gasteiger partial charge in [0.2, 0.25) is 0 Å². The minimum absolute atomic E-state index is 0.225. The van der Waals surface area contributed by atoms with Crippen molar-refractivity contribution in [1.29, 1.82) is 5.26 Å². The van der Waals surface area contributed by atoms with Gasteiger partial charge in [-0.1, -0.05) is 23.7 Å². The van der Waals surface area contributed by atoms with Crippen LogP contribution in [0.25, 0.3) is 21.2 Å². The molecule has 2 aliphatic rings. The third-order valence-corrected chi connectivity index (χ3v) is 8.14. The fourth-order valence-electron chi connectivity index (χ4n) is 5.01. The molecule has 0 radical (unpaired) electrons. The van der Waals surface area contributed by atoms with Crippen molar-refractivity contribution in [3.8, 4) is 22.9 Å². The number of thiophene rings is 1. The summed E-state index contributed by atoms with van der Waals surface area (Å²) in [7, 11) is 0. The molecule has 2 N–H and O–H groups in total. The molecular formula is C28H27ClN4O6S. The Bertz CT molecular complexity index is 1570. The fraction of sp³-hybridized carbons (Fsp3) is 0.357. The van der Waals surface area contributed by atoms with Crippen molar-refractivity contribution < 1.29 is 29.0 Å². The van der Waals surface area contributed by atoms with Crippen molar-refractivity contribution in [3.05, 3.63) is 46.5 Å². The van der Waals surface area contributed by atoms with Gasteiger partial charge in [-0.05, 0) is 44.5 Å². The monoisotopic (exact) mass is 582 g/mol. The molecule has 0 spiro atoms. The van der Waals surface area contributed by atoms with Crippen LogP contribution in [0.1, 0.15) is 43.1 Å². The number of hydrogen-bond acceptors (Lipinski definition) is 7. The van der Waals surface area contributed by atoms with Gasteiger partial charge in [0.1, 0.15) is 22.4 Å². The summed E-state index contributed by atoms with van der Waals surface area (Å²) in [4.78, 5) is 40.5. The van der Waals surface area contributed by atoms with Gasteiger partial charge < -0.3 is 24.4 Å². The second-order valence-electron chi connectivity index (χ2n) is 10.6. The van der Waals surface area contributed by atoms with E-state index < -0.39 is 17.8 Å². The Labute approximate surface area is 239 Å². The second kappa shape index (κ2) is 10.5. The lowest BCUT2D eigenvalue weighted by Crippen LogP contribution is -2.57. The predicted molar refractivity (Wildman–Crippen MR) is 151 cm³/mol. The second-order valence-corrected chi connectivity index (χ2v) is 12.0. The summed E-state index contributed by atoms with van der Waals surface area (Å²) >= 11 is 8.03. The Morgan fingerprint density at radius 3 is 2.70 bits per heavy atom. The summed E-state index contributed by atoms with van der Waals surface area (Å²) in [6, 6.07) is 10.7. The Morgan fingerprint density at radius 2 is 2.00 bits per heavy atom. The molecule has 1 saturated heterocycles. The number of carbonyl (C=O) groups is 3. The Kier molecular flexibility index (Phi) is 7.25. The number of hydrogen-bond donors (Lipinski definition) is 2. The maximum Gasteiger partial charge on any atom is 0.412 e. The minimum atomic E-state index is -1.01. The zero-order valence-corrected chi connectivity index (χ0v) is 23.7. The van der Waals surface area contributed by atoms with Crippen molar-refractivity contribution in [2.24, 2.45) is 0 Å². The van der Waals surface area contributed by atoms with Crippen molar-refractivity contribution in [2.45, 2.75) is 38.8 Å². The van der Waals surface area contributed by atoms with E-state index in [2.05, 4.69) is 11.4 Å². The molecule has 0 unspecified atom stereocenters. The first-order valence-corrected chi connectivity index (χ1v) is 13.9. The standard InChI is InChI=1S/C28H27ClN4O6S/c1-28(2,3)39-26(35)31-24-19(13-30)23-16(5-4-6-22(23)40-24)17-12-21-18(11-20(17)29)25(34)33-9-8-32(27(36)37)14-15(33)7-10-38-21/h4-6,11-12,15H,7-10,14H2,1-3H3,(H,31,35)(H,36,37)/t15-/m0/s1. The molecule has 3 aromatic rings. The van der Waals surface area contributed by atoms with E-state index >= 15 is 0 Å². The molecule has 0 aliphatic carbocycles. The lowest BCUT2D eigenvalue weighted by atomic mass is 9.96. The highest BCUT2D eigenvalue weighted by Crippen LogP contribution is 2.44. The number of piperazine rings is 1. The molecule has 1 aromatic heterocycles. The van der Waals surface area contributed by atoms with Crippen LogP contribution in [-0.4, -0.2) is 70.9 Å². The zero-order chi connectivity index (χ0) is 28.8. The quantitative estimate of drug-likeness (QED) is 0.377. The number of carbonyl (C=O) groups excluding carboxylic acids is 2. The summed E-state index contributed by atoms with van der Waals surface area (Å²) < 4.78 is 12.2. The summed E-state index contributed by atoms with van der Waals surface area (Å²) in [5.74, 6) is 0.0925. The van der Waals surface area contributed by atoms with E-state index in [-0.39, 0.29) is 43.8 Å². The Balaban J connectivity index is 1.53.